The smallest absolute Gasteiger partial charge is 0.0704 e. The standard InChI is InChI=1S/C23H19N5/c24-18-5-7-20(26-12-18)16-3-1-14-9-15-2-4-17(11-23(15)28-22(14)10-16)21-8-6-19(25)13-27-21/h1-8,10-13,28H,9,24-25H2. The quantitative estimate of drug-likeness (QED) is 0.425. The maximum absolute atomic E-state index is 5.75. The highest BCUT2D eigenvalue weighted by Crippen LogP contribution is 2.37. The molecule has 5 N–H and O–H groups in total. The molecule has 4 aromatic rings. The van der Waals surface area contributed by atoms with Crippen LogP contribution in [0.15, 0.2) is 73.1 Å². The van der Waals surface area contributed by atoms with Crippen LogP contribution in [0.2, 0.25) is 0 Å². The van der Waals surface area contributed by atoms with Crippen molar-refractivity contribution in [2.24, 2.45) is 0 Å². The van der Waals surface area contributed by atoms with Crippen LogP contribution in [0, 0.1) is 0 Å². The third kappa shape index (κ3) is 2.93. The Balaban J connectivity index is 1.49. The Morgan fingerprint density at radius 1 is 0.643 bits per heavy atom. The van der Waals surface area contributed by atoms with Gasteiger partial charge in [0.05, 0.1) is 35.2 Å². The second-order valence-electron chi connectivity index (χ2n) is 7.00. The molecule has 0 saturated heterocycles. The van der Waals surface area contributed by atoms with E-state index in [1.54, 1.807) is 12.4 Å². The molecule has 0 fully saturated rings. The van der Waals surface area contributed by atoms with E-state index in [9.17, 15) is 0 Å². The molecule has 5 heteroatoms. The second kappa shape index (κ2) is 6.39. The fourth-order valence-electron chi connectivity index (χ4n) is 3.51. The van der Waals surface area contributed by atoms with Gasteiger partial charge in [0.2, 0.25) is 0 Å². The second-order valence-corrected chi connectivity index (χ2v) is 7.00. The van der Waals surface area contributed by atoms with Crippen molar-refractivity contribution in [1.29, 1.82) is 0 Å². The van der Waals surface area contributed by atoms with Gasteiger partial charge in [-0.25, -0.2) is 0 Å². The predicted octanol–water partition coefficient (Wildman–Crippen LogP) is 4.62. The minimum Gasteiger partial charge on any atom is -0.397 e. The summed E-state index contributed by atoms with van der Waals surface area (Å²) < 4.78 is 0. The van der Waals surface area contributed by atoms with Gasteiger partial charge in [-0.3, -0.25) is 9.97 Å². The Hall–Kier alpha value is -3.86. The van der Waals surface area contributed by atoms with Crippen LogP contribution in [0.3, 0.4) is 0 Å². The maximum atomic E-state index is 5.75. The molecule has 136 valence electrons. The molecule has 0 saturated carbocycles. The molecule has 0 amide bonds. The van der Waals surface area contributed by atoms with Gasteiger partial charge in [-0.1, -0.05) is 24.3 Å². The number of nitrogens with zero attached hydrogens (tertiary/aromatic N) is 2. The molecule has 0 unspecified atom stereocenters. The molecule has 0 bridgehead atoms. The number of hydrogen-bond acceptors (Lipinski definition) is 5. The third-order valence-corrected chi connectivity index (χ3v) is 5.03. The zero-order chi connectivity index (χ0) is 19.1. The van der Waals surface area contributed by atoms with Gasteiger partial charge in [-0.05, 0) is 47.5 Å². The van der Waals surface area contributed by atoms with E-state index in [2.05, 4.69) is 51.7 Å². The highest BCUT2D eigenvalue weighted by atomic mass is 14.9. The minimum absolute atomic E-state index is 0.664. The molecule has 3 heterocycles. The van der Waals surface area contributed by atoms with Crippen molar-refractivity contribution in [2.45, 2.75) is 6.42 Å². The van der Waals surface area contributed by atoms with Gasteiger partial charge in [0.15, 0.2) is 0 Å². The molecule has 0 atom stereocenters. The number of aromatic nitrogens is 2. The highest BCUT2D eigenvalue weighted by Gasteiger charge is 2.16. The van der Waals surface area contributed by atoms with Gasteiger partial charge in [-0.2, -0.15) is 0 Å². The lowest BCUT2D eigenvalue weighted by molar-refractivity contribution is 1.16. The van der Waals surface area contributed by atoms with Gasteiger partial charge in [0.1, 0.15) is 0 Å². The van der Waals surface area contributed by atoms with E-state index in [0.717, 1.165) is 40.3 Å². The average molecular weight is 365 g/mol. The molecular weight excluding hydrogens is 346 g/mol. The summed E-state index contributed by atoms with van der Waals surface area (Å²) in [7, 11) is 0. The summed E-state index contributed by atoms with van der Waals surface area (Å²) in [5, 5.41) is 3.58. The molecule has 2 aromatic heterocycles. The van der Waals surface area contributed by atoms with Crippen molar-refractivity contribution in [3.8, 4) is 22.5 Å². The molecule has 5 rings (SSSR count). The maximum Gasteiger partial charge on any atom is 0.0704 e. The first kappa shape index (κ1) is 16.3. The summed E-state index contributed by atoms with van der Waals surface area (Å²) in [4.78, 5) is 8.86. The number of nitrogens with one attached hydrogen (secondary N) is 1. The van der Waals surface area contributed by atoms with E-state index in [4.69, 9.17) is 11.5 Å². The Kier molecular flexibility index (Phi) is 3.72. The summed E-state index contributed by atoms with van der Waals surface area (Å²) in [5.41, 5.74) is 21.5. The average Bonchev–Trinajstić information content (AvgIpc) is 2.72. The normalized spacial score (nSPS) is 12.0. The summed E-state index contributed by atoms with van der Waals surface area (Å²) in [6.45, 7) is 0. The molecule has 5 nitrogen and oxygen atoms in total. The number of anilines is 4. The number of nitrogens with two attached hydrogens (primary N) is 2. The van der Waals surface area contributed by atoms with Crippen LogP contribution in [-0.2, 0) is 6.42 Å². The Morgan fingerprint density at radius 3 is 1.57 bits per heavy atom. The first-order valence-corrected chi connectivity index (χ1v) is 9.12. The van der Waals surface area contributed by atoms with E-state index in [0.29, 0.717) is 11.4 Å². The minimum atomic E-state index is 0.664. The molecule has 1 aliphatic rings. The summed E-state index contributed by atoms with van der Waals surface area (Å²) in [6.07, 6.45) is 4.26. The van der Waals surface area contributed by atoms with Crippen molar-refractivity contribution in [2.75, 3.05) is 16.8 Å². The van der Waals surface area contributed by atoms with Crippen molar-refractivity contribution >= 4 is 22.7 Å². The zero-order valence-corrected chi connectivity index (χ0v) is 15.2. The van der Waals surface area contributed by atoms with E-state index >= 15 is 0 Å². The lowest BCUT2D eigenvalue weighted by atomic mass is 9.94. The van der Waals surface area contributed by atoms with E-state index in [1.807, 2.05) is 24.3 Å². The van der Waals surface area contributed by atoms with Gasteiger partial charge in [0, 0.05) is 28.9 Å². The first-order valence-electron chi connectivity index (χ1n) is 9.12. The molecule has 28 heavy (non-hydrogen) atoms. The highest BCUT2D eigenvalue weighted by molar-refractivity contribution is 5.79. The van der Waals surface area contributed by atoms with Crippen LogP contribution >= 0.6 is 0 Å². The molecular formula is C23H19N5. The van der Waals surface area contributed by atoms with Gasteiger partial charge >= 0.3 is 0 Å². The number of nitrogen functional groups attached to an aromatic ring is 2. The first-order chi connectivity index (χ1) is 13.7. The third-order valence-electron chi connectivity index (χ3n) is 5.03. The fraction of sp³-hybridized carbons (Fsp3) is 0.0435. The summed E-state index contributed by atoms with van der Waals surface area (Å²) in [5.74, 6) is 0. The van der Waals surface area contributed by atoms with Crippen LogP contribution in [0.1, 0.15) is 11.1 Å². The van der Waals surface area contributed by atoms with Crippen LogP contribution in [0.25, 0.3) is 22.5 Å². The number of rotatable bonds is 2. The van der Waals surface area contributed by atoms with E-state index in [1.165, 1.54) is 11.1 Å². The molecule has 0 spiro atoms. The number of benzene rings is 2. The molecule has 1 aliphatic heterocycles. The van der Waals surface area contributed by atoms with Crippen LogP contribution in [0.5, 0.6) is 0 Å². The van der Waals surface area contributed by atoms with Crippen molar-refractivity contribution < 1.29 is 0 Å². The van der Waals surface area contributed by atoms with Crippen molar-refractivity contribution in [1.82, 2.24) is 9.97 Å². The van der Waals surface area contributed by atoms with Crippen LogP contribution in [-0.4, -0.2) is 9.97 Å². The van der Waals surface area contributed by atoms with E-state index < -0.39 is 0 Å². The lowest BCUT2D eigenvalue weighted by Crippen LogP contribution is -2.07. The van der Waals surface area contributed by atoms with Gasteiger partial charge in [-0.15, -0.1) is 0 Å². The monoisotopic (exact) mass is 365 g/mol. The van der Waals surface area contributed by atoms with Gasteiger partial charge < -0.3 is 16.8 Å². The lowest BCUT2D eigenvalue weighted by Gasteiger charge is -2.23. The van der Waals surface area contributed by atoms with Crippen LogP contribution in [0.4, 0.5) is 22.7 Å². The van der Waals surface area contributed by atoms with Crippen molar-refractivity contribution in [3.63, 3.8) is 0 Å². The molecule has 2 aromatic carbocycles. The fourth-order valence-corrected chi connectivity index (χ4v) is 3.51. The Bertz CT molecular complexity index is 1070. The van der Waals surface area contributed by atoms with Crippen molar-refractivity contribution in [3.05, 3.63) is 84.2 Å². The van der Waals surface area contributed by atoms with E-state index in [-0.39, 0.29) is 0 Å². The SMILES string of the molecule is Nc1ccc(-c2ccc3c(c2)Nc2cc(-c4ccc(N)cn4)ccc2C3)nc1. The molecule has 0 aliphatic carbocycles. The summed E-state index contributed by atoms with van der Waals surface area (Å²) >= 11 is 0. The topological polar surface area (TPSA) is 89.8 Å². The van der Waals surface area contributed by atoms with Gasteiger partial charge in [0.25, 0.3) is 0 Å². The molecule has 0 radical (unpaired) electrons. The largest absolute Gasteiger partial charge is 0.397 e. The summed E-state index contributed by atoms with van der Waals surface area (Å²) in [6, 6.07) is 20.5. The number of fused-ring (bicyclic) bond motifs is 2. The predicted molar refractivity (Wildman–Crippen MR) is 114 cm³/mol. The number of hydrogen-bond donors (Lipinski definition) is 3. The zero-order valence-electron chi connectivity index (χ0n) is 15.2. The Labute approximate surface area is 163 Å². The Morgan fingerprint density at radius 2 is 1.14 bits per heavy atom. The van der Waals surface area contributed by atoms with Crippen LogP contribution < -0.4 is 16.8 Å². The number of pyridine rings is 2.